The molecule has 2 bridgehead atoms. The van der Waals surface area contributed by atoms with Crippen molar-refractivity contribution in [2.24, 2.45) is 0 Å². The number of pyridine rings is 1. The van der Waals surface area contributed by atoms with Crippen LogP contribution in [0.25, 0.3) is 0 Å². The normalized spacial score (nSPS) is 24.0. The van der Waals surface area contributed by atoms with Crippen LogP contribution in [-0.4, -0.2) is 56.6 Å². The molecule has 10 heteroatoms. The Morgan fingerprint density at radius 3 is 2.81 bits per heavy atom. The molecule has 5 rings (SSSR count). The van der Waals surface area contributed by atoms with Gasteiger partial charge in [-0.3, -0.25) is 19.3 Å². The quantitative estimate of drug-likeness (QED) is 0.759. The molecule has 0 saturated carbocycles. The zero-order valence-corrected chi connectivity index (χ0v) is 16.5. The molecule has 2 unspecified atom stereocenters. The largest absolute Gasteiger partial charge is 0.503 e. The first kappa shape index (κ1) is 19.7. The van der Waals surface area contributed by atoms with Gasteiger partial charge in [0.2, 0.25) is 5.43 Å². The molecule has 31 heavy (non-hydrogen) atoms. The van der Waals surface area contributed by atoms with Crippen molar-refractivity contribution < 1.29 is 23.5 Å². The van der Waals surface area contributed by atoms with E-state index in [4.69, 9.17) is 0 Å². The van der Waals surface area contributed by atoms with Crippen LogP contribution in [0.4, 0.5) is 8.78 Å². The minimum atomic E-state index is -0.961. The fraction of sp³-hybridized carbons (Fsp3) is 0.381. The Labute approximate surface area is 175 Å². The van der Waals surface area contributed by atoms with E-state index in [-0.39, 0.29) is 35.6 Å². The maximum Gasteiger partial charge on any atom is 0.276 e. The number of benzene rings is 1. The summed E-state index contributed by atoms with van der Waals surface area (Å²) >= 11 is 0. The highest BCUT2D eigenvalue weighted by molar-refractivity contribution is 5.99. The molecular formula is C21H20F2N4O4. The van der Waals surface area contributed by atoms with E-state index in [0.717, 1.165) is 32.0 Å². The molecule has 0 radical (unpaired) electrons. The van der Waals surface area contributed by atoms with Crippen molar-refractivity contribution in [3.8, 4) is 5.75 Å². The Morgan fingerprint density at radius 2 is 2.03 bits per heavy atom. The second-order valence-corrected chi connectivity index (χ2v) is 8.12. The summed E-state index contributed by atoms with van der Waals surface area (Å²) in [6.45, 7) is 1.69. The van der Waals surface area contributed by atoms with Gasteiger partial charge in [0.15, 0.2) is 11.4 Å². The van der Waals surface area contributed by atoms with Crippen molar-refractivity contribution in [1.29, 1.82) is 0 Å². The van der Waals surface area contributed by atoms with Gasteiger partial charge in [-0.15, -0.1) is 0 Å². The van der Waals surface area contributed by atoms with Crippen LogP contribution >= 0.6 is 0 Å². The summed E-state index contributed by atoms with van der Waals surface area (Å²) in [7, 11) is 0. The van der Waals surface area contributed by atoms with Gasteiger partial charge in [0.1, 0.15) is 23.4 Å². The van der Waals surface area contributed by atoms with Gasteiger partial charge < -0.3 is 19.9 Å². The molecular weight excluding hydrogens is 410 g/mol. The number of fused-ring (bicyclic) bond motifs is 6. The minimum absolute atomic E-state index is 0.0499. The van der Waals surface area contributed by atoms with Crippen LogP contribution in [0.1, 0.15) is 39.3 Å². The number of rotatable bonds is 3. The van der Waals surface area contributed by atoms with E-state index in [0.29, 0.717) is 12.6 Å². The predicted molar refractivity (Wildman–Crippen MR) is 104 cm³/mol. The summed E-state index contributed by atoms with van der Waals surface area (Å²) in [4.78, 5) is 42.3. The first-order valence-corrected chi connectivity index (χ1v) is 10.1. The van der Waals surface area contributed by atoms with Crippen molar-refractivity contribution >= 4 is 11.8 Å². The molecule has 2 amide bonds. The first-order chi connectivity index (χ1) is 14.8. The lowest BCUT2D eigenvalue weighted by atomic mass is 10.1. The lowest BCUT2D eigenvalue weighted by Crippen LogP contribution is -2.51. The highest BCUT2D eigenvalue weighted by Crippen LogP contribution is 2.35. The standard InChI is InChI=1S/C21H20F2N4O4/c22-12-4-3-11(15(23)6-12)7-24-20(30)14-9-26-10-16-25-5-1-2-13(8-25)27(16)21(31)17(26)19(29)18(14)28/h3-4,6,9,13,16,29H,1-2,5,7-8,10H2,(H,24,30)/t13-,16?/m0/s1. The van der Waals surface area contributed by atoms with Crippen LogP contribution in [0.2, 0.25) is 0 Å². The van der Waals surface area contributed by atoms with Crippen LogP contribution in [0.3, 0.4) is 0 Å². The highest BCUT2D eigenvalue weighted by Gasteiger charge is 2.48. The molecule has 3 atom stereocenters. The molecule has 1 aromatic heterocycles. The molecule has 3 aliphatic rings. The Kier molecular flexibility index (Phi) is 4.54. The third kappa shape index (κ3) is 3.09. The smallest absolute Gasteiger partial charge is 0.276 e. The SMILES string of the molecule is O=C(NCc1ccc(F)cc1F)c1cn2c(c(O)c1=O)C(=O)N1C(C2)N2CCC[C@H]1C2. The average Bonchev–Trinajstić information content (AvgIpc) is 2.99. The Balaban J connectivity index is 1.44. The molecule has 2 aromatic rings. The average molecular weight is 430 g/mol. The monoisotopic (exact) mass is 430 g/mol. The van der Waals surface area contributed by atoms with Crippen molar-refractivity contribution in [2.75, 3.05) is 13.1 Å². The van der Waals surface area contributed by atoms with Gasteiger partial charge in [0.05, 0.1) is 6.54 Å². The Morgan fingerprint density at radius 1 is 1.23 bits per heavy atom. The van der Waals surface area contributed by atoms with Crippen LogP contribution in [0.5, 0.6) is 5.75 Å². The van der Waals surface area contributed by atoms with Gasteiger partial charge in [0.25, 0.3) is 11.8 Å². The zero-order valence-electron chi connectivity index (χ0n) is 16.5. The Hall–Kier alpha value is -3.27. The number of aromatic hydroxyl groups is 1. The van der Waals surface area contributed by atoms with Crippen LogP contribution in [0.15, 0.2) is 29.2 Å². The van der Waals surface area contributed by atoms with Crippen molar-refractivity contribution in [2.45, 2.75) is 38.1 Å². The number of halogens is 2. The van der Waals surface area contributed by atoms with E-state index in [9.17, 15) is 28.3 Å². The summed E-state index contributed by atoms with van der Waals surface area (Å²) < 4.78 is 28.3. The molecule has 2 saturated heterocycles. The van der Waals surface area contributed by atoms with Crippen molar-refractivity contribution in [3.05, 3.63) is 63.1 Å². The molecule has 2 N–H and O–H groups in total. The lowest BCUT2D eigenvalue weighted by Gasteiger charge is -2.36. The number of hydrogen-bond acceptors (Lipinski definition) is 5. The zero-order chi connectivity index (χ0) is 21.9. The van der Waals surface area contributed by atoms with E-state index in [1.165, 1.54) is 16.8 Å². The second-order valence-electron chi connectivity index (χ2n) is 8.12. The third-order valence-electron chi connectivity index (χ3n) is 6.32. The molecule has 1 aromatic carbocycles. The summed E-state index contributed by atoms with van der Waals surface area (Å²) in [5.74, 6) is -3.56. The number of hydrogen-bond donors (Lipinski definition) is 2. The molecule has 0 aliphatic carbocycles. The number of nitrogens with zero attached hydrogens (tertiary/aromatic N) is 3. The fourth-order valence-corrected chi connectivity index (χ4v) is 4.82. The number of aromatic nitrogens is 1. The highest BCUT2D eigenvalue weighted by atomic mass is 19.1. The number of nitrogens with one attached hydrogen (secondary N) is 1. The van der Waals surface area contributed by atoms with E-state index in [2.05, 4.69) is 10.2 Å². The molecule has 0 spiro atoms. The maximum absolute atomic E-state index is 13.8. The van der Waals surface area contributed by atoms with Gasteiger partial charge in [0, 0.05) is 43.5 Å². The van der Waals surface area contributed by atoms with Gasteiger partial charge in [-0.25, -0.2) is 8.78 Å². The summed E-state index contributed by atoms with van der Waals surface area (Å²) in [6, 6.07) is 3.02. The predicted octanol–water partition coefficient (Wildman–Crippen LogP) is 1.02. The van der Waals surface area contributed by atoms with E-state index < -0.39 is 34.6 Å². The topological polar surface area (TPSA) is 94.9 Å². The number of carbonyl (C=O) groups excluding carboxylic acids is 2. The summed E-state index contributed by atoms with van der Waals surface area (Å²) in [5, 5.41) is 12.9. The molecule has 3 aliphatic heterocycles. The fourth-order valence-electron chi connectivity index (χ4n) is 4.82. The van der Waals surface area contributed by atoms with Gasteiger partial charge in [-0.05, 0) is 18.9 Å². The van der Waals surface area contributed by atoms with E-state index in [1.54, 1.807) is 4.90 Å². The van der Waals surface area contributed by atoms with E-state index >= 15 is 0 Å². The lowest BCUT2D eigenvalue weighted by molar-refractivity contribution is 0.0485. The first-order valence-electron chi connectivity index (χ1n) is 10.1. The van der Waals surface area contributed by atoms with Crippen molar-refractivity contribution in [1.82, 2.24) is 19.7 Å². The third-order valence-corrected chi connectivity index (χ3v) is 6.32. The van der Waals surface area contributed by atoms with E-state index in [1.807, 2.05) is 0 Å². The number of piperidine rings is 1. The molecule has 8 nitrogen and oxygen atoms in total. The van der Waals surface area contributed by atoms with Crippen molar-refractivity contribution in [3.63, 3.8) is 0 Å². The van der Waals surface area contributed by atoms with Crippen LogP contribution in [-0.2, 0) is 13.1 Å². The molecule has 4 heterocycles. The molecule has 162 valence electrons. The van der Waals surface area contributed by atoms with Crippen LogP contribution < -0.4 is 10.7 Å². The van der Waals surface area contributed by atoms with Gasteiger partial charge in [-0.2, -0.15) is 0 Å². The van der Waals surface area contributed by atoms with Gasteiger partial charge in [-0.1, -0.05) is 6.07 Å². The number of amides is 2. The van der Waals surface area contributed by atoms with Crippen LogP contribution in [0, 0.1) is 11.6 Å². The van der Waals surface area contributed by atoms with Gasteiger partial charge >= 0.3 is 0 Å². The molecule has 2 fully saturated rings. The minimum Gasteiger partial charge on any atom is -0.503 e. The second kappa shape index (κ2) is 7.16. The Bertz CT molecular complexity index is 1160. The number of carbonyl (C=O) groups is 2. The maximum atomic E-state index is 13.8. The summed E-state index contributed by atoms with van der Waals surface area (Å²) in [6.07, 6.45) is 2.94. The summed E-state index contributed by atoms with van der Waals surface area (Å²) in [5.41, 5.74) is -1.37.